The molecule has 0 aliphatic rings. The molecule has 1 heterocycles. The number of hydrogen-bond acceptors (Lipinski definition) is 2. The molecule has 0 spiro atoms. The van der Waals surface area contributed by atoms with Gasteiger partial charge in [-0.2, -0.15) is 0 Å². The van der Waals surface area contributed by atoms with Crippen molar-refractivity contribution in [1.29, 1.82) is 0 Å². The Morgan fingerprint density at radius 2 is 1.73 bits per heavy atom. The second-order valence-corrected chi connectivity index (χ2v) is 7.66. The Bertz CT molecular complexity index is 978. The first-order valence-corrected chi connectivity index (χ1v) is 10.7. The number of aryl methyl sites for hydroxylation is 3. The topological polar surface area (TPSA) is 62.5 Å². The summed E-state index contributed by atoms with van der Waals surface area (Å²) in [4.78, 5) is 25.6. The molecule has 5 heteroatoms. The molecule has 5 nitrogen and oxygen atoms in total. The predicted molar refractivity (Wildman–Crippen MR) is 120 cm³/mol. The maximum atomic E-state index is 12.8. The van der Waals surface area contributed by atoms with Gasteiger partial charge in [0, 0.05) is 36.6 Å². The Hall–Kier alpha value is -3.08. The van der Waals surface area contributed by atoms with Crippen LogP contribution in [0.4, 0.5) is 0 Å². The number of carbonyl (C=O) groups excluding carboxylic acids is 1. The molecule has 0 fully saturated rings. The summed E-state index contributed by atoms with van der Waals surface area (Å²) in [5.74, 6) is -1.07. The third kappa shape index (κ3) is 5.72. The van der Waals surface area contributed by atoms with Crippen molar-refractivity contribution < 1.29 is 14.7 Å². The SMILES string of the molecule is CCCn1cc(CCC(=O)N(CCCc2ccccc2)CC(=O)O)c2ccccc21. The van der Waals surface area contributed by atoms with Crippen LogP contribution in [0.1, 0.15) is 37.3 Å². The number of aliphatic carboxylic acids is 1. The monoisotopic (exact) mass is 406 g/mol. The zero-order valence-electron chi connectivity index (χ0n) is 17.6. The number of carboxylic acid groups (broad SMARTS) is 1. The van der Waals surface area contributed by atoms with Gasteiger partial charge < -0.3 is 14.6 Å². The summed E-state index contributed by atoms with van der Waals surface area (Å²) in [6.45, 7) is 3.30. The fraction of sp³-hybridized carbons (Fsp3) is 0.360. The molecule has 3 rings (SSSR count). The number of benzene rings is 2. The number of amides is 1. The van der Waals surface area contributed by atoms with Gasteiger partial charge in [-0.25, -0.2) is 0 Å². The van der Waals surface area contributed by atoms with Crippen LogP contribution in [0.2, 0.25) is 0 Å². The normalized spacial score (nSPS) is 11.0. The van der Waals surface area contributed by atoms with Gasteiger partial charge in [-0.05, 0) is 42.9 Å². The molecule has 0 aliphatic heterocycles. The molecule has 158 valence electrons. The number of carbonyl (C=O) groups is 2. The molecule has 1 N–H and O–H groups in total. The molecule has 3 aromatic rings. The van der Waals surface area contributed by atoms with Crippen LogP contribution in [-0.2, 0) is 29.0 Å². The molecule has 0 aliphatic carbocycles. The number of nitrogens with zero attached hydrogens (tertiary/aromatic N) is 2. The molecule has 0 radical (unpaired) electrons. The molecular formula is C25H30N2O3. The van der Waals surface area contributed by atoms with E-state index in [0.29, 0.717) is 19.4 Å². The smallest absolute Gasteiger partial charge is 0.323 e. The van der Waals surface area contributed by atoms with E-state index in [9.17, 15) is 14.7 Å². The van der Waals surface area contributed by atoms with Gasteiger partial charge in [0.05, 0.1) is 0 Å². The summed E-state index contributed by atoms with van der Waals surface area (Å²) in [7, 11) is 0. The van der Waals surface area contributed by atoms with Crippen LogP contribution in [0.25, 0.3) is 10.9 Å². The minimum absolute atomic E-state index is 0.0993. The van der Waals surface area contributed by atoms with Gasteiger partial charge in [0.15, 0.2) is 0 Å². The molecule has 0 saturated heterocycles. The van der Waals surface area contributed by atoms with E-state index in [4.69, 9.17) is 0 Å². The van der Waals surface area contributed by atoms with Crippen LogP contribution in [0.5, 0.6) is 0 Å². The molecule has 0 saturated carbocycles. The minimum Gasteiger partial charge on any atom is -0.480 e. The van der Waals surface area contributed by atoms with Gasteiger partial charge in [0.1, 0.15) is 6.54 Å². The third-order valence-corrected chi connectivity index (χ3v) is 5.36. The first kappa shape index (κ1) is 21.6. The van der Waals surface area contributed by atoms with E-state index >= 15 is 0 Å². The van der Waals surface area contributed by atoms with Crippen molar-refractivity contribution in [1.82, 2.24) is 9.47 Å². The first-order chi connectivity index (χ1) is 14.6. The van der Waals surface area contributed by atoms with Crippen molar-refractivity contribution >= 4 is 22.8 Å². The summed E-state index contributed by atoms with van der Waals surface area (Å²) >= 11 is 0. The Morgan fingerprint density at radius 1 is 1.00 bits per heavy atom. The van der Waals surface area contributed by atoms with Gasteiger partial charge in [-0.3, -0.25) is 9.59 Å². The van der Waals surface area contributed by atoms with E-state index in [2.05, 4.69) is 42.0 Å². The molecule has 0 unspecified atom stereocenters. The number of fused-ring (bicyclic) bond motifs is 1. The lowest BCUT2D eigenvalue weighted by atomic mass is 10.1. The van der Waals surface area contributed by atoms with Crippen molar-refractivity contribution in [3.63, 3.8) is 0 Å². The number of aromatic nitrogens is 1. The average Bonchev–Trinajstić information content (AvgIpc) is 3.10. The lowest BCUT2D eigenvalue weighted by Gasteiger charge is -2.20. The predicted octanol–water partition coefficient (Wildman–Crippen LogP) is 4.53. The van der Waals surface area contributed by atoms with Crippen LogP contribution >= 0.6 is 0 Å². The van der Waals surface area contributed by atoms with Crippen molar-refractivity contribution in [3.05, 3.63) is 71.9 Å². The molecular weight excluding hydrogens is 376 g/mol. The molecule has 2 aromatic carbocycles. The molecule has 1 aromatic heterocycles. The standard InChI is InChI=1S/C25H30N2O3/c1-2-16-26-18-21(22-12-6-7-13-23(22)26)14-15-24(28)27(19-25(29)30)17-8-11-20-9-4-3-5-10-20/h3-7,9-10,12-13,18H,2,8,11,14-17,19H2,1H3,(H,29,30). The van der Waals surface area contributed by atoms with Gasteiger partial charge in [-0.15, -0.1) is 0 Å². The maximum absolute atomic E-state index is 12.8. The second-order valence-electron chi connectivity index (χ2n) is 7.66. The highest BCUT2D eigenvalue weighted by Crippen LogP contribution is 2.23. The lowest BCUT2D eigenvalue weighted by molar-refractivity contribution is -0.144. The van der Waals surface area contributed by atoms with E-state index in [1.807, 2.05) is 30.3 Å². The van der Waals surface area contributed by atoms with Crippen LogP contribution in [0, 0.1) is 0 Å². The van der Waals surface area contributed by atoms with Gasteiger partial charge >= 0.3 is 5.97 Å². The highest BCUT2D eigenvalue weighted by atomic mass is 16.4. The van der Waals surface area contributed by atoms with Gasteiger partial charge in [-0.1, -0.05) is 55.5 Å². The van der Waals surface area contributed by atoms with Crippen molar-refractivity contribution in [2.45, 2.75) is 45.6 Å². The number of rotatable bonds is 11. The van der Waals surface area contributed by atoms with E-state index in [1.165, 1.54) is 21.4 Å². The Balaban J connectivity index is 1.62. The van der Waals surface area contributed by atoms with Gasteiger partial charge in [0.2, 0.25) is 5.91 Å². The van der Waals surface area contributed by atoms with Crippen molar-refractivity contribution in [2.24, 2.45) is 0 Å². The van der Waals surface area contributed by atoms with Crippen LogP contribution in [0.3, 0.4) is 0 Å². The van der Waals surface area contributed by atoms with E-state index < -0.39 is 5.97 Å². The van der Waals surface area contributed by atoms with E-state index in [0.717, 1.165) is 31.4 Å². The Kier molecular flexibility index (Phi) is 7.66. The van der Waals surface area contributed by atoms with Crippen LogP contribution in [0.15, 0.2) is 60.8 Å². The molecule has 0 bridgehead atoms. The summed E-state index contributed by atoms with van der Waals surface area (Å²) in [5, 5.41) is 10.4. The number of hydrogen-bond donors (Lipinski definition) is 1. The van der Waals surface area contributed by atoms with Crippen molar-refractivity contribution in [2.75, 3.05) is 13.1 Å². The highest BCUT2D eigenvalue weighted by Gasteiger charge is 2.17. The summed E-state index contributed by atoms with van der Waals surface area (Å²) in [5.41, 5.74) is 3.53. The summed E-state index contributed by atoms with van der Waals surface area (Å²) in [6, 6.07) is 18.3. The van der Waals surface area contributed by atoms with Crippen LogP contribution < -0.4 is 0 Å². The zero-order chi connectivity index (χ0) is 21.3. The number of para-hydroxylation sites is 1. The summed E-state index contributed by atoms with van der Waals surface area (Å²) < 4.78 is 2.24. The molecule has 1 amide bonds. The Labute approximate surface area is 177 Å². The first-order valence-electron chi connectivity index (χ1n) is 10.7. The maximum Gasteiger partial charge on any atom is 0.323 e. The zero-order valence-corrected chi connectivity index (χ0v) is 17.6. The number of carboxylic acids is 1. The van der Waals surface area contributed by atoms with E-state index in [-0.39, 0.29) is 12.5 Å². The van der Waals surface area contributed by atoms with Gasteiger partial charge in [0.25, 0.3) is 0 Å². The van der Waals surface area contributed by atoms with E-state index in [1.54, 1.807) is 0 Å². The fourth-order valence-electron chi connectivity index (χ4n) is 3.92. The molecule has 0 atom stereocenters. The lowest BCUT2D eigenvalue weighted by Crippen LogP contribution is -2.36. The fourth-order valence-corrected chi connectivity index (χ4v) is 3.92. The average molecular weight is 407 g/mol. The summed E-state index contributed by atoms with van der Waals surface area (Å²) in [6.07, 6.45) is 5.69. The Morgan fingerprint density at radius 3 is 2.47 bits per heavy atom. The minimum atomic E-state index is -0.970. The molecule has 30 heavy (non-hydrogen) atoms. The highest BCUT2D eigenvalue weighted by molar-refractivity contribution is 5.85. The largest absolute Gasteiger partial charge is 0.480 e. The van der Waals surface area contributed by atoms with Crippen LogP contribution in [-0.4, -0.2) is 39.5 Å². The van der Waals surface area contributed by atoms with Crippen molar-refractivity contribution in [3.8, 4) is 0 Å². The third-order valence-electron chi connectivity index (χ3n) is 5.36. The quantitative estimate of drug-likeness (QED) is 0.509. The second kappa shape index (κ2) is 10.6.